The monoisotopic (exact) mass is 370 g/mol. The summed E-state index contributed by atoms with van der Waals surface area (Å²) < 4.78 is 29.5. The number of hydrogen-bond donors (Lipinski definition) is 0. The van der Waals surface area contributed by atoms with Gasteiger partial charge in [-0.3, -0.25) is 4.57 Å². The molecule has 2 aromatic carbocycles. The van der Waals surface area contributed by atoms with Crippen LogP contribution >= 0.6 is 27.5 Å². The molecule has 0 radical (unpaired) electrons. The van der Waals surface area contributed by atoms with Crippen molar-refractivity contribution in [2.75, 3.05) is 0 Å². The molecule has 0 aliphatic rings. The molecule has 2 nitrogen and oxygen atoms in total. The number of imidazole rings is 1. The highest BCUT2D eigenvalue weighted by Gasteiger charge is 2.18. The van der Waals surface area contributed by atoms with Gasteiger partial charge in [0.2, 0.25) is 0 Å². The Hall–Kier alpha value is -1.46. The Bertz CT molecular complexity index is 830. The van der Waals surface area contributed by atoms with Crippen molar-refractivity contribution in [3.8, 4) is 5.69 Å². The van der Waals surface area contributed by atoms with Gasteiger partial charge < -0.3 is 0 Å². The summed E-state index contributed by atoms with van der Waals surface area (Å²) in [5.74, 6) is -0.242. The van der Waals surface area contributed by atoms with Gasteiger partial charge in [0.05, 0.1) is 22.1 Å². The fourth-order valence-electron chi connectivity index (χ4n) is 2.24. The topological polar surface area (TPSA) is 17.8 Å². The minimum Gasteiger partial charge on any atom is -0.294 e. The number of benzene rings is 2. The van der Waals surface area contributed by atoms with Crippen LogP contribution in [-0.2, 0) is 0 Å². The average molecular weight is 372 g/mol. The van der Waals surface area contributed by atoms with E-state index in [-0.39, 0.29) is 11.6 Å². The molecule has 1 heterocycles. The molecular weight excluding hydrogens is 362 g/mol. The average Bonchev–Trinajstić information content (AvgIpc) is 2.80. The van der Waals surface area contributed by atoms with Gasteiger partial charge >= 0.3 is 0 Å². The molecule has 1 atom stereocenters. The first-order valence-electron chi connectivity index (χ1n) is 6.25. The Labute approximate surface area is 133 Å². The number of alkyl halides is 1. The van der Waals surface area contributed by atoms with Gasteiger partial charge in [-0.05, 0) is 53.2 Å². The minimum atomic E-state index is -0.407. The molecule has 1 unspecified atom stereocenters. The minimum absolute atomic E-state index is 0.384. The van der Waals surface area contributed by atoms with Crippen molar-refractivity contribution in [1.82, 2.24) is 9.55 Å². The van der Waals surface area contributed by atoms with Crippen LogP contribution in [0.15, 0.2) is 40.9 Å². The van der Waals surface area contributed by atoms with Gasteiger partial charge in [0.25, 0.3) is 0 Å². The van der Waals surface area contributed by atoms with Crippen molar-refractivity contribution < 1.29 is 8.78 Å². The van der Waals surface area contributed by atoms with E-state index in [1.54, 1.807) is 23.6 Å². The molecule has 0 amide bonds. The molecule has 0 bridgehead atoms. The van der Waals surface area contributed by atoms with Crippen molar-refractivity contribution in [3.63, 3.8) is 0 Å². The predicted molar refractivity (Wildman–Crippen MR) is 83.0 cm³/mol. The van der Waals surface area contributed by atoms with Crippen molar-refractivity contribution in [2.45, 2.75) is 12.3 Å². The molecule has 0 saturated carbocycles. The Morgan fingerprint density at radius 3 is 2.52 bits per heavy atom. The van der Waals surface area contributed by atoms with E-state index in [1.807, 2.05) is 0 Å². The van der Waals surface area contributed by atoms with Crippen LogP contribution in [0.1, 0.15) is 18.1 Å². The lowest BCUT2D eigenvalue weighted by Gasteiger charge is -2.12. The van der Waals surface area contributed by atoms with Crippen molar-refractivity contribution in [3.05, 3.63) is 58.3 Å². The van der Waals surface area contributed by atoms with E-state index in [2.05, 4.69) is 20.9 Å². The Morgan fingerprint density at radius 1 is 1.14 bits per heavy atom. The van der Waals surface area contributed by atoms with Gasteiger partial charge in [-0.1, -0.05) is 0 Å². The van der Waals surface area contributed by atoms with Crippen LogP contribution in [0.3, 0.4) is 0 Å². The normalized spacial score (nSPS) is 12.8. The van der Waals surface area contributed by atoms with E-state index in [4.69, 9.17) is 11.6 Å². The van der Waals surface area contributed by atoms with Gasteiger partial charge in [-0.15, -0.1) is 11.6 Å². The first-order valence-corrected chi connectivity index (χ1v) is 7.47. The maximum atomic E-state index is 13.6. The highest BCUT2D eigenvalue weighted by molar-refractivity contribution is 9.10. The molecule has 0 aliphatic heterocycles. The van der Waals surface area contributed by atoms with Gasteiger partial charge in [0.1, 0.15) is 17.5 Å². The molecule has 0 N–H and O–H groups in total. The molecule has 3 aromatic rings. The Balaban J connectivity index is 2.41. The Kier molecular flexibility index (Phi) is 3.71. The first-order chi connectivity index (χ1) is 9.97. The van der Waals surface area contributed by atoms with Crippen LogP contribution in [0.5, 0.6) is 0 Å². The van der Waals surface area contributed by atoms with Gasteiger partial charge in [0.15, 0.2) is 0 Å². The lowest BCUT2D eigenvalue weighted by Crippen LogP contribution is -2.03. The zero-order chi connectivity index (χ0) is 15.1. The third-order valence-electron chi connectivity index (χ3n) is 3.15. The summed E-state index contributed by atoms with van der Waals surface area (Å²) in [6, 6.07) is 8.58. The summed E-state index contributed by atoms with van der Waals surface area (Å²) in [6.07, 6.45) is 0. The van der Waals surface area contributed by atoms with E-state index in [0.717, 1.165) is 0 Å². The summed E-state index contributed by atoms with van der Waals surface area (Å²) in [6.45, 7) is 1.77. The summed E-state index contributed by atoms with van der Waals surface area (Å²) >= 11 is 9.56. The van der Waals surface area contributed by atoms with E-state index in [0.29, 0.717) is 27.0 Å². The van der Waals surface area contributed by atoms with E-state index >= 15 is 0 Å². The van der Waals surface area contributed by atoms with Crippen LogP contribution in [0, 0.1) is 11.6 Å². The largest absolute Gasteiger partial charge is 0.294 e. The zero-order valence-electron chi connectivity index (χ0n) is 10.9. The molecule has 0 aliphatic carbocycles. The van der Waals surface area contributed by atoms with E-state index in [9.17, 15) is 8.78 Å². The number of nitrogens with zero attached hydrogens (tertiary/aromatic N) is 2. The van der Waals surface area contributed by atoms with Crippen molar-refractivity contribution >= 4 is 38.6 Å². The standard InChI is InChI=1S/C15H10BrClF2N2/c1-8(17)15-20-12-5-3-10(19)7-14(12)21(15)13-6-9(18)2-4-11(13)16/h2-8H,1H3. The van der Waals surface area contributed by atoms with Crippen LogP contribution in [0.25, 0.3) is 16.7 Å². The van der Waals surface area contributed by atoms with Crippen LogP contribution in [0.2, 0.25) is 0 Å². The molecule has 108 valence electrons. The fraction of sp³-hybridized carbons (Fsp3) is 0.133. The third-order valence-corrected chi connectivity index (χ3v) is 4.01. The summed E-state index contributed by atoms with van der Waals surface area (Å²) in [5, 5.41) is -0.407. The maximum absolute atomic E-state index is 13.6. The fourth-order valence-corrected chi connectivity index (χ4v) is 2.81. The van der Waals surface area contributed by atoms with Gasteiger partial charge in [-0.2, -0.15) is 0 Å². The predicted octanol–water partition coefficient (Wildman–Crippen LogP) is 5.37. The lowest BCUT2D eigenvalue weighted by atomic mass is 10.2. The summed E-state index contributed by atoms with van der Waals surface area (Å²) in [5.41, 5.74) is 1.68. The van der Waals surface area contributed by atoms with Crippen LogP contribution < -0.4 is 0 Å². The number of fused-ring (bicyclic) bond motifs is 1. The van der Waals surface area contributed by atoms with E-state index in [1.165, 1.54) is 24.3 Å². The number of aromatic nitrogens is 2. The highest BCUT2D eigenvalue weighted by Crippen LogP contribution is 2.32. The molecule has 21 heavy (non-hydrogen) atoms. The second-order valence-electron chi connectivity index (χ2n) is 4.65. The molecule has 6 heteroatoms. The summed E-state index contributed by atoms with van der Waals surface area (Å²) in [7, 11) is 0. The smallest absolute Gasteiger partial charge is 0.132 e. The van der Waals surface area contributed by atoms with E-state index < -0.39 is 5.38 Å². The lowest BCUT2D eigenvalue weighted by molar-refractivity contribution is 0.625. The highest BCUT2D eigenvalue weighted by atomic mass is 79.9. The molecular formula is C15H10BrClF2N2. The molecule has 0 spiro atoms. The number of halogens is 4. The van der Waals surface area contributed by atoms with Gasteiger partial charge in [0, 0.05) is 10.5 Å². The summed E-state index contributed by atoms with van der Waals surface area (Å²) in [4.78, 5) is 4.42. The van der Waals surface area contributed by atoms with Crippen LogP contribution in [-0.4, -0.2) is 9.55 Å². The second-order valence-corrected chi connectivity index (χ2v) is 6.16. The quantitative estimate of drug-likeness (QED) is 0.554. The molecule has 3 rings (SSSR count). The molecule has 1 aromatic heterocycles. The van der Waals surface area contributed by atoms with Crippen LogP contribution in [0.4, 0.5) is 8.78 Å². The third kappa shape index (κ3) is 2.56. The van der Waals surface area contributed by atoms with Crippen molar-refractivity contribution in [1.29, 1.82) is 0 Å². The number of hydrogen-bond acceptors (Lipinski definition) is 1. The SMILES string of the molecule is CC(Cl)c1nc2ccc(F)cc2n1-c1cc(F)ccc1Br. The Morgan fingerprint density at radius 2 is 1.81 bits per heavy atom. The maximum Gasteiger partial charge on any atom is 0.132 e. The zero-order valence-corrected chi connectivity index (χ0v) is 13.3. The second kappa shape index (κ2) is 5.39. The molecule has 0 saturated heterocycles. The first kappa shape index (κ1) is 14.5. The number of rotatable bonds is 2. The van der Waals surface area contributed by atoms with Crippen molar-refractivity contribution in [2.24, 2.45) is 0 Å². The molecule has 0 fully saturated rings. The van der Waals surface area contributed by atoms with Gasteiger partial charge in [-0.25, -0.2) is 13.8 Å².